The molecular formula is C25H27N7O2S. The van der Waals surface area contributed by atoms with Gasteiger partial charge in [0.15, 0.2) is 11.6 Å². The summed E-state index contributed by atoms with van der Waals surface area (Å²) in [6, 6.07) is 4.20. The molecule has 0 saturated carbocycles. The van der Waals surface area contributed by atoms with Crippen LogP contribution in [0.2, 0.25) is 0 Å². The zero-order valence-electron chi connectivity index (χ0n) is 19.9. The fourth-order valence-electron chi connectivity index (χ4n) is 4.99. The van der Waals surface area contributed by atoms with E-state index in [0.717, 1.165) is 61.7 Å². The molecule has 0 unspecified atom stereocenters. The molecule has 5 aromatic heterocycles. The number of hydrogen-bond acceptors (Lipinski definition) is 8. The minimum atomic E-state index is 0.0475. The summed E-state index contributed by atoms with van der Waals surface area (Å²) in [6.45, 7) is 8.87. The summed E-state index contributed by atoms with van der Waals surface area (Å²) in [6.07, 6.45) is 3.68. The summed E-state index contributed by atoms with van der Waals surface area (Å²) in [5, 5.41) is 17.3. The number of pyridine rings is 1. The largest absolute Gasteiger partial charge is 0.394 e. The van der Waals surface area contributed by atoms with Crippen molar-refractivity contribution in [3.63, 3.8) is 0 Å². The predicted molar refractivity (Wildman–Crippen MR) is 138 cm³/mol. The first-order chi connectivity index (χ1) is 17.1. The minimum Gasteiger partial charge on any atom is -0.394 e. The molecule has 6 rings (SSSR count). The third kappa shape index (κ3) is 3.60. The topological polar surface area (TPSA) is 105 Å². The van der Waals surface area contributed by atoms with Crippen molar-refractivity contribution >= 4 is 38.4 Å². The second-order valence-corrected chi connectivity index (χ2v) is 9.79. The molecule has 0 aromatic carbocycles. The summed E-state index contributed by atoms with van der Waals surface area (Å²) >= 11 is 1.67. The molecule has 1 saturated heterocycles. The van der Waals surface area contributed by atoms with Gasteiger partial charge in [0.2, 0.25) is 0 Å². The lowest BCUT2D eigenvalue weighted by Crippen LogP contribution is -2.44. The first kappa shape index (κ1) is 22.1. The molecule has 0 radical (unpaired) electrons. The Morgan fingerprint density at radius 1 is 1.23 bits per heavy atom. The van der Waals surface area contributed by atoms with Crippen molar-refractivity contribution in [2.75, 3.05) is 31.3 Å². The lowest BCUT2D eigenvalue weighted by molar-refractivity contribution is 0.0987. The normalized spacial score (nSPS) is 16.6. The molecule has 1 atom stereocenters. The zero-order chi connectivity index (χ0) is 24.1. The van der Waals surface area contributed by atoms with Gasteiger partial charge in [0, 0.05) is 52.1 Å². The van der Waals surface area contributed by atoms with Gasteiger partial charge in [-0.25, -0.2) is 15.0 Å². The van der Waals surface area contributed by atoms with Crippen LogP contribution in [-0.4, -0.2) is 67.2 Å². The number of H-pyrrole nitrogens is 1. The van der Waals surface area contributed by atoms with Crippen LogP contribution in [0, 0.1) is 13.8 Å². The Kier molecular flexibility index (Phi) is 5.51. The molecule has 0 bridgehead atoms. The van der Waals surface area contributed by atoms with Gasteiger partial charge >= 0.3 is 0 Å². The third-order valence-corrected chi connectivity index (χ3v) is 7.67. The Morgan fingerprint density at radius 2 is 2.11 bits per heavy atom. The SMILES string of the molecule is Cc1nn(CCO)c(C)c1-c1csc2c(N3CCOC[C@H]3C)nc(-c3ccnc4[nH]ccc34)nc12. The second kappa shape index (κ2) is 8.71. The monoisotopic (exact) mass is 489 g/mol. The number of morpholine rings is 1. The van der Waals surface area contributed by atoms with E-state index >= 15 is 0 Å². The van der Waals surface area contributed by atoms with Gasteiger partial charge in [0.05, 0.1) is 48.3 Å². The molecule has 6 heterocycles. The molecule has 1 aliphatic heterocycles. The fourth-order valence-corrected chi connectivity index (χ4v) is 5.99. The standard InChI is InChI=1S/C25H27N7O2S/c1-14-12-34-11-9-31(14)25-22-21(19(13-35-22)20-15(2)30-32(8-10-33)16(20)3)28-24(29-25)18-5-7-27-23-17(18)4-6-26-23/h4-7,13-14,33H,8-12H2,1-3H3,(H,26,27)/t14-/m1/s1. The van der Waals surface area contributed by atoms with Crippen molar-refractivity contribution in [1.29, 1.82) is 0 Å². The molecule has 1 aliphatic rings. The van der Waals surface area contributed by atoms with Crippen LogP contribution in [0.5, 0.6) is 0 Å². The molecule has 9 nitrogen and oxygen atoms in total. The van der Waals surface area contributed by atoms with Crippen LogP contribution < -0.4 is 4.90 Å². The maximum Gasteiger partial charge on any atom is 0.163 e. The van der Waals surface area contributed by atoms with Gasteiger partial charge in [-0.3, -0.25) is 4.68 Å². The summed E-state index contributed by atoms with van der Waals surface area (Å²) < 4.78 is 8.64. The number of aromatic amines is 1. The van der Waals surface area contributed by atoms with Crippen molar-refractivity contribution in [2.45, 2.75) is 33.4 Å². The number of anilines is 1. The highest BCUT2D eigenvalue weighted by Crippen LogP contribution is 2.42. The number of aromatic nitrogens is 6. The number of thiophene rings is 1. The number of aliphatic hydroxyl groups excluding tert-OH is 1. The zero-order valence-corrected chi connectivity index (χ0v) is 20.8. The molecule has 1 fully saturated rings. The van der Waals surface area contributed by atoms with Crippen molar-refractivity contribution < 1.29 is 9.84 Å². The van der Waals surface area contributed by atoms with Crippen LogP contribution in [0.25, 0.3) is 43.8 Å². The van der Waals surface area contributed by atoms with Crippen LogP contribution >= 0.6 is 11.3 Å². The molecule has 0 amide bonds. The van der Waals surface area contributed by atoms with E-state index in [4.69, 9.17) is 14.7 Å². The first-order valence-corrected chi connectivity index (χ1v) is 12.7. The molecule has 180 valence electrons. The number of fused-ring (bicyclic) bond motifs is 2. The molecule has 35 heavy (non-hydrogen) atoms. The molecule has 0 spiro atoms. The lowest BCUT2D eigenvalue weighted by atomic mass is 10.1. The summed E-state index contributed by atoms with van der Waals surface area (Å²) in [7, 11) is 0. The third-order valence-electron chi connectivity index (χ3n) is 6.70. The minimum absolute atomic E-state index is 0.0475. The van der Waals surface area contributed by atoms with Crippen LogP contribution in [0.4, 0.5) is 5.82 Å². The van der Waals surface area contributed by atoms with E-state index in [9.17, 15) is 5.11 Å². The Bertz CT molecular complexity index is 1540. The highest BCUT2D eigenvalue weighted by atomic mass is 32.1. The Hall–Kier alpha value is -3.34. The van der Waals surface area contributed by atoms with Crippen molar-refractivity contribution in [3.05, 3.63) is 41.3 Å². The van der Waals surface area contributed by atoms with Gasteiger partial charge in [0.1, 0.15) is 5.65 Å². The lowest BCUT2D eigenvalue weighted by Gasteiger charge is -2.34. The maximum absolute atomic E-state index is 9.48. The average molecular weight is 490 g/mol. The highest BCUT2D eigenvalue weighted by Gasteiger charge is 2.27. The van der Waals surface area contributed by atoms with E-state index in [1.54, 1.807) is 17.5 Å². The molecular weight excluding hydrogens is 462 g/mol. The number of aliphatic hydroxyl groups is 1. The van der Waals surface area contributed by atoms with Gasteiger partial charge in [-0.2, -0.15) is 5.10 Å². The van der Waals surface area contributed by atoms with E-state index in [-0.39, 0.29) is 12.6 Å². The van der Waals surface area contributed by atoms with E-state index in [1.165, 1.54) is 0 Å². The van der Waals surface area contributed by atoms with Crippen LogP contribution in [0.15, 0.2) is 29.9 Å². The van der Waals surface area contributed by atoms with Gasteiger partial charge in [-0.05, 0) is 32.9 Å². The van der Waals surface area contributed by atoms with E-state index in [1.807, 2.05) is 36.9 Å². The van der Waals surface area contributed by atoms with Crippen LogP contribution in [0.1, 0.15) is 18.3 Å². The van der Waals surface area contributed by atoms with Gasteiger partial charge in [-0.15, -0.1) is 11.3 Å². The molecule has 10 heteroatoms. The number of ether oxygens (including phenoxy) is 1. The summed E-state index contributed by atoms with van der Waals surface area (Å²) in [4.78, 5) is 20.2. The molecule has 2 N–H and O–H groups in total. The summed E-state index contributed by atoms with van der Waals surface area (Å²) in [5.41, 5.74) is 6.75. The second-order valence-electron chi connectivity index (χ2n) is 8.91. The van der Waals surface area contributed by atoms with Crippen molar-refractivity contribution in [3.8, 4) is 22.5 Å². The Morgan fingerprint density at radius 3 is 2.94 bits per heavy atom. The van der Waals surface area contributed by atoms with Gasteiger partial charge in [0.25, 0.3) is 0 Å². The molecule has 0 aliphatic carbocycles. The number of nitrogens with zero attached hydrogens (tertiary/aromatic N) is 6. The Labute approximate surface area is 206 Å². The van der Waals surface area contributed by atoms with E-state index in [0.29, 0.717) is 25.6 Å². The van der Waals surface area contributed by atoms with Crippen molar-refractivity contribution in [1.82, 2.24) is 29.7 Å². The van der Waals surface area contributed by atoms with Gasteiger partial charge < -0.3 is 19.7 Å². The number of aryl methyl sites for hydroxylation is 1. The number of nitrogens with one attached hydrogen (secondary N) is 1. The summed E-state index contributed by atoms with van der Waals surface area (Å²) in [5.74, 6) is 1.62. The van der Waals surface area contributed by atoms with E-state index < -0.39 is 0 Å². The van der Waals surface area contributed by atoms with Crippen molar-refractivity contribution in [2.24, 2.45) is 0 Å². The van der Waals surface area contributed by atoms with Crippen LogP contribution in [0.3, 0.4) is 0 Å². The number of rotatable bonds is 5. The maximum atomic E-state index is 9.48. The Balaban J connectivity index is 1.62. The first-order valence-electron chi connectivity index (χ1n) is 11.8. The van der Waals surface area contributed by atoms with Crippen LogP contribution in [-0.2, 0) is 11.3 Å². The highest BCUT2D eigenvalue weighted by molar-refractivity contribution is 7.18. The quantitative estimate of drug-likeness (QED) is 0.385. The number of hydrogen-bond donors (Lipinski definition) is 2. The fraction of sp³-hybridized carbons (Fsp3) is 0.360. The van der Waals surface area contributed by atoms with E-state index in [2.05, 4.69) is 32.3 Å². The smallest absolute Gasteiger partial charge is 0.163 e. The average Bonchev–Trinajstić information content (AvgIpc) is 3.57. The molecule has 5 aromatic rings. The predicted octanol–water partition coefficient (Wildman–Crippen LogP) is 3.93. The van der Waals surface area contributed by atoms with Gasteiger partial charge in [-0.1, -0.05) is 0 Å².